The molecule has 3 rings (SSSR count). The highest BCUT2D eigenvalue weighted by molar-refractivity contribution is 5.94. The summed E-state index contributed by atoms with van der Waals surface area (Å²) in [6.07, 6.45) is 5.14. The molecule has 0 saturated carbocycles. The van der Waals surface area contributed by atoms with Gasteiger partial charge in [-0.1, -0.05) is 36.4 Å². The minimum Gasteiger partial charge on any atom is -0.422 e. The topological polar surface area (TPSA) is 26.3 Å². The van der Waals surface area contributed by atoms with Crippen LogP contribution in [0.4, 0.5) is 0 Å². The lowest BCUT2D eigenvalue weighted by molar-refractivity contribution is -0.129. The molecule has 0 spiro atoms. The van der Waals surface area contributed by atoms with Gasteiger partial charge in [0.05, 0.1) is 0 Å². The predicted molar refractivity (Wildman–Crippen MR) is 70.3 cm³/mol. The molecule has 2 nitrogen and oxygen atoms in total. The van der Waals surface area contributed by atoms with Crippen molar-refractivity contribution in [1.82, 2.24) is 0 Å². The summed E-state index contributed by atoms with van der Waals surface area (Å²) in [4.78, 5) is 11.8. The van der Waals surface area contributed by atoms with Crippen molar-refractivity contribution in [2.45, 2.75) is 0 Å². The number of allylic oxidation sites excluding steroid dienone is 1. The van der Waals surface area contributed by atoms with Crippen molar-refractivity contribution < 1.29 is 9.53 Å². The van der Waals surface area contributed by atoms with Gasteiger partial charge in [-0.3, -0.25) is 0 Å². The lowest BCUT2D eigenvalue weighted by Crippen LogP contribution is -2.08. The molecule has 0 unspecified atom stereocenters. The average Bonchev–Trinajstić information content (AvgIpc) is 2.92. The fourth-order valence-electron chi connectivity index (χ4n) is 1.85. The first kappa shape index (κ1) is 10.6. The third-order valence-corrected chi connectivity index (χ3v) is 2.75. The Labute approximate surface area is 105 Å². The van der Waals surface area contributed by atoms with Gasteiger partial charge in [0.1, 0.15) is 11.3 Å². The molecular weight excluding hydrogens is 224 g/mol. The highest BCUT2D eigenvalue weighted by Gasteiger charge is 2.10. The molecule has 2 aromatic rings. The molecule has 0 saturated heterocycles. The van der Waals surface area contributed by atoms with Crippen LogP contribution >= 0.6 is 0 Å². The van der Waals surface area contributed by atoms with E-state index in [1.54, 1.807) is 24.3 Å². The normalized spacial score (nSPS) is 12.8. The number of carbonyl (C=O) groups is 1. The molecule has 0 aliphatic heterocycles. The van der Waals surface area contributed by atoms with Crippen molar-refractivity contribution in [3.63, 3.8) is 0 Å². The molecular formula is C16H10O2. The Kier molecular flexibility index (Phi) is 2.56. The second-order valence-electron chi connectivity index (χ2n) is 3.98. The van der Waals surface area contributed by atoms with Gasteiger partial charge in [-0.15, -0.1) is 5.73 Å². The molecule has 86 valence electrons. The number of hydrogen-bond acceptors (Lipinski definition) is 2. The fourth-order valence-corrected chi connectivity index (χ4v) is 1.85. The molecule has 2 heteroatoms. The zero-order valence-electron chi connectivity index (χ0n) is 9.59. The lowest BCUT2D eigenvalue weighted by atomic mass is 10.1. The molecule has 1 aliphatic rings. The van der Waals surface area contributed by atoms with E-state index in [2.05, 4.69) is 5.73 Å². The number of esters is 1. The summed E-state index contributed by atoms with van der Waals surface area (Å²) in [5, 5.41) is 2.17. The van der Waals surface area contributed by atoms with Gasteiger partial charge < -0.3 is 4.74 Å². The predicted octanol–water partition coefficient (Wildman–Crippen LogP) is 3.40. The molecule has 18 heavy (non-hydrogen) atoms. The quantitative estimate of drug-likeness (QED) is 0.452. The van der Waals surface area contributed by atoms with Crippen molar-refractivity contribution in [2.75, 3.05) is 0 Å². The summed E-state index contributed by atoms with van der Waals surface area (Å²) in [5.74, 6) is 0.170. The monoisotopic (exact) mass is 234 g/mol. The van der Waals surface area contributed by atoms with E-state index in [-0.39, 0.29) is 5.97 Å². The van der Waals surface area contributed by atoms with Crippen LogP contribution in [0.1, 0.15) is 0 Å². The first-order chi connectivity index (χ1) is 8.83. The fraction of sp³-hybridized carbons (Fsp3) is 0. The van der Waals surface area contributed by atoms with Crippen LogP contribution in [-0.4, -0.2) is 5.97 Å². The van der Waals surface area contributed by atoms with Crippen molar-refractivity contribution in [3.8, 4) is 5.75 Å². The number of carbonyl (C=O) groups excluding carboxylic acids is 1. The van der Waals surface area contributed by atoms with Crippen LogP contribution in [0.3, 0.4) is 0 Å². The zero-order chi connectivity index (χ0) is 12.4. The number of benzene rings is 2. The van der Waals surface area contributed by atoms with Crippen LogP contribution in [-0.2, 0) is 4.79 Å². The van der Waals surface area contributed by atoms with Gasteiger partial charge in [0, 0.05) is 0 Å². The van der Waals surface area contributed by atoms with E-state index < -0.39 is 0 Å². The summed E-state index contributed by atoms with van der Waals surface area (Å²) >= 11 is 0. The Morgan fingerprint density at radius 1 is 1.06 bits per heavy atom. The Balaban J connectivity index is 1.89. The van der Waals surface area contributed by atoms with Crippen molar-refractivity contribution in [1.29, 1.82) is 0 Å². The van der Waals surface area contributed by atoms with Crippen molar-refractivity contribution in [2.24, 2.45) is 0 Å². The van der Waals surface area contributed by atoms with E-state index in [4.69, 9.17) is 4.74 Å². The van der Waals surface area contributed by atoms with Crippen LogP contribution in [0.25, 0.3) is 10.8 Å². The van der Waals surface area contributed by atoms with Crippen LogP contribution in [0.5, 0.6) is 5.75 Å². The third-order valence-electron chi connectivity index (χ3n) is 2.75. The second-order valence-corrected chi connectivity index (χ2v) is 3.98. The van der Waals surface area contributed by atoms with Crippen LogP contribution in [0.2, 0.25) is 0 Å². The van der Waals surface area contributed by atoms with Gasteiger partial charge in [-0.2, -0.15) is 0 Å². The lowest BCUT2D eigenvalue weighted by Gasteiger charge is -2.04. The molecule has 0 aromatic heterocycles. The van der Waals surface area contributed by atoms with E-state index in [0.717, 1.165) is 10.8 Å². The van der Waals surface area contributed by atoms with Gasteiger partial charge in [-0.25, -0.2) is 4.79 Å². The Bertz CT molecular complexity index is 717. The number of rotatable bonds is 2. The minimum atomic E-state index is -0.379. The maximum atomic E-state index is 11.8. The van der Waals surface area contributed by atoms with Gasteiger partial charge in [0.2, 0.25) is 0 Å². The Hall–Kier alpha value is -2.57. The van der Waals surface area contributed by atoms with Crippen LogP contribution in [0, 0.1) is 0 Å². The molecule has 1 aliphatic carbocycles. The number of ether oxygens (including phenoxy) is 1. The summed E-state index contributed by atoms with van der Waals surface area (Å²) in [5.41, 5.74) is 3.27. The van der Waals surface area contributed by atoms with Crippen LogP contribution in [0.15, 0.2) is 72.0 Å². The maximum absolute atomic E-state index is 11.8. The van der Waals surface area contributed by atoms with Crippen molar-refractivity contribution in [3.05, 3.63) is 72.0 Å². The summed E-state index contributed by atoms with van der Waals surface area (Å²) in [6, 6.07) is 13.5. The smallest absolute Gasteiger partial charge is 0.351 e. The summed E-state index contributed by atoms with van der Waals surface area (Å²) in [7, 11) is 0. The van der Waals surface area contributed by atoms with E-state index in [0.29, 0.717) is 11.3 Å². The highest BCUT2D eigenvalue weighted by Crippen LogP contribution is 2.21. The largest absolute Gasteiger partial charge is 0.422 e. The molecule has 0 N–H and O–H groups in total. The number of hydrogen-bond donors (Lipinski definition) is 0. The first-order valence-electron chi connectivity index (χ1n) is 5.67. The number of fused-ring (bicyclic) bond motifs is 1. The zero-order valence-corrected chi connectivity index (χ0v) is 9.59. The standard InChI is InChI=1S/C16H10O2/c17-16(13-6-2-3-7-13)18-15-10-9-12-5-1-4-8-14(12)11-15/h1-6,8-11H. The minimum absolute atomic E-state index is 0.379. The third kappa shape index (κ3) is 1.97. The molecule has 0 bridgehead atoms. The Morgan fingerprint density at radius 3 is 2.67 bits per heavy atom. The highest BCUT2D eigenvalue weighted by atomic mass is 16.5. The molecule has 0 atom stereocenters. The molecule has 0 heterocycles. The van der Waals surface area contributed by atoms with E-state index in [9.17, 15) is 4.79 Å². The molecule has 0 radical (unpaired) electrons. The summed E-state index contributed by atoms with van der Waals surface area (Å²) < 4.78 is 5.30. The van der Waals surface area contributed by atoms with E-state index in [1.807, 2.05) is 36.4 Å². The van der Waals surface area contributed by atoms with Gasteiger partial charge >= 0.3 is 5.97 Å². The molecule has 2 aromatic carbocycles. The van der Waals surface area contributed by atoms with E-state index in [1.165, 1.54) is 0 Å². The van der Waals surface area contributed by atoms with Crippen LogP contribution < -0.4 is 4.74 Å². The molecule has 0 fully saturated rings. The maximum Gasteiger partial charge on any atom is 0.351 e. The Morgan fingerprint density at radius 2 is 1.89 bits per heavy atom. The summed E-state index contributed by atoms with van der Waals surface area (Å²) in [6.45, 7) is 0. The van der Waals surface area contributed by atoms with E-state index >= 15 is 0 Å². The second kappa shape index (κ2) is 4.36. The average molecular weight is 234 g/mol. The first-order valence-corrected chi connectivity index (χ1v) is 5.67. The van der Waals surface area contributed by atoms with Gasteiger partial charge in [0.25, 0.3) is 0 Å². The molecule has 0 amide bonds. The van der Waals surface area contributed by atoms with Gasteiger partial charge in [-0.05, 0) is 35.1 Å². The van der Waals surface area contributed by atoms with Gasteiger partial charge in [0.15, 0.2) is 0 Å². The SMILES string of the molecule is O=C(Oc1ccc2ccccc2c1)C1=C=CC=C1. The van der Waals surface area contributed by atoms with Crippen molar-refractivity contribution >= 4 is 16.7 Å².